The highest BCUT2D eigenvalue weighted by Gasteiger charge is 2.24. The molecular weight excluding hydrogens is 268 g/mol. The minimum absolute atomic E-state index is 0.400. The Bertz CT molecular complexity index is 458. The number of aryl methyl sites for hydroxylation is 1. The monoisotopic (exact) mass is 296 g/mol. The van der Waals surface area contributed by atoms with Crippen LogP contribution in [0, 0.1) is 0 Å². The van der Waals surface area contributed by atoms with Crippen molar-refractivity contribution >= 4 is 6.09 Å². The number of alkyl carbamates (subject to hydrolysis) is 1. The molecule has 0 fully saturated rings. The molecule has 1 rings (SSSR count). The van der Waals surface area contributed by atoms with Gasteiger partial charge in [0.1, 0.15) is 17.1 Å². The quantitative estimate of drug-likeness (QED) is 0.846. The highest BCUT2D eigenvalue weighted by molar-refractivity contribution is 5.68. The van der Waals surface area contributed by atoms with Crippen molar-refractivity contribution in [1.82, 2.24) is 10.6 Å². The highest BCUT2D eigenvalue weighted by Crippen LogP contribution is 2.10. The van der Waals surface area contributed by atoms with E-state index in [1.54, 1.807) is 0 Å². The molecule has 5 nitrogen and oxygen atoms in total. The number of carbonyl (C=O) groups is 1. The molecule has 0 aromatic carbocycles. The first-order valence-corrected chi connectivity index (χ1v) is 7.41. The van der Waals surface area contributed by atoms with Crippen LogP contribution in [0.4, 0.5) is 4.79 Å². The van der Waals surface area contributed by atoms with Crippen LogP contribution in [0.25, 0.3) is 0 Å². The Morgan fingerprint density at radius 1 is 1.19 bits per heavy atom. The maximum Gasteiger partial charge on any atom is 0.408 e. The van der Waals surface area contributed by atoms with Gasteiger partial charge in [-0.2, -0.15) is 0 Å². The summed E-state index contributed by atoms with van der Waals surface area (Å²) in [4.78, 5) is 11.8. The summed E-state index contributed by atoms with van der Waals surface area (Å²) in [5.41, 5.74) is -0.888. The lowest BCUT2D eigenvalue weighted by atomic mass is 10.1. The second-order valence-corrected chi connectivity index (χ2v) is 6.84. The normalized spacial score (nSPS) is 12.3. The zero-order valence-electron chi connectivity index (χ0n) is 14.0. The Hall–Kier alpha value is -1.49. The van der Waals surface area contributed by atoms with E-state index in [4.69, 9.17) is 9.15 Å². The Kier molecular flexibility index (Phi) is 5.84. The van der Waals surface area contributed by atoms with E-state index in [1.807, 2.05) is 46.8 Å². The maximum absolute atomic E-state index is 11.8. The highest BCUT2D eigenvalue weighted by atomic mass is 16.6. The van der Waals surface area contributed by atoms with Crippen molar-refractivity contribution in [2.45, 2.75) is 65.6 Å². The Morgan fingerprint density at radius 2 is 1.81 bits per heavy atom. The summed E-state index contributed by atoms with van der Waals surface area (Å²) in [6.45, 7) is 12.8. The van der Waals surface area contributed by atoms with Gasteiger partial charge >= 0.3 is 6.09 Å². The fourth-order valence-corrected chi connectivity index (χ4v) is 1.83. The number of hydrogen-bond acceptors (Lipinski definition) is 4. The van der Waals surface area contributed by atoms with Crippen LogP contribution in [0.1, 0.15) is 53.1 Å². The summed E-state index contributed by atoms with van der Waals surface area (Å²) < 4.78 is 10.9. The molecule has 0 bridgehead atoms. The number of amides is 1. The fraction of sp³-hybridized carbons (Fsp3) is 0.688. The Balaban J connectivity index is 2.36. The molecular formula is C16H28N2O3. The van der Waals surface area contributed by atoms with E-state index in [0.717, 1.165) is 17.9 Å². The molecule has 0 atom stereocenters. The third-order valence-corrected chi connectivity index (χ3v) is 2.77. The van der Waals surface area contributed by atoms with Crippen LogP contribution in [0.3, 0.4) is 0 Å². The van der Waals surface area contributed by atoms with Crippen molar-refractivity contribution in [3.63, 3.8) is 0 Å². The number of hydrogen-bond donors (Lipinski definition) is 2. The van der Waals surface area contributed by atoms with E-state index in [2.05, 4.69) is 17.6 Å². The van der Waals surface area contributed by atoms with Gasteiger partial charge in [-0.3, -0.25) is 0 Å². The summed E-state index contributed by atoms with van der Waals surface area (Å²) in [5, 5.41) is 6.14. The van der Waals surface area contributed by atoms with E-state index in [9.17, 15) is 4.79 Å². The van der Waals surface area contributed by atoms with Crippen molar-refractivity contribution < 1.29 is 13.9 Å². The van der Waals surface area contributed by atoms with Crippen molar-refractivity contribution in [3.05, 3.63) is 23.7 Å². The van der Waals surface area contributed by atoms with Gasteiger partial charge < -0.3 is 19.8 Å². The smallest absolute Gasteiger partial charge is 0.408 e. The molecule has 0 spiro atoms. The van der Waals surface area contributed by atoms with Gasteiger partial charge in [-0.25, -0.2) is 4.79 Å². The maximum atomic E-state index is 11.8. The predicted octanol–water partition coefficient (Wildman–Crippen LogP) is 3.23. The topological polar surface area (TPSA) is 63.5 Å². The Labute approximate surface area is 127 Å². The fourth-order valence-electron chi connectivity index (χ4n) is 1.83. The number of nitrogens with one attached hydrogen (secondary N) is 2. The van der Waals surface area contributed by atoms with Crippen LogP contribution < -0.4 is 10.6 Å². The molecule has 1 heterocycles. The summed E-state index contributed by atoms with van der Waals surface area (Å²) in [7, 11) is 0. The van der Waals surface area contributed by atoms with E-state index >= 15 is 0 Å². The van der Waals surface area contributed by atoms with Crippen LogP contribution in [0.15, 0.2) is 16.5 Å². The second kappa shape index (κ2) is 6.98. The third-order valence-electron chi connectivity index (χ3n) is 2.77. The van der Waals surface area contributed by atoms with Gasteiger partial charge in [0.05, 0.1) is 12.1 Å². The van der Waals surface area contributed by atoms with Gasteiger partial charge in [0.25, 0.3) is 0 Å². The first-order chi connectivity index (χ1) is 9.61. The van der Waals surface area contributed by atoms with Gasteiger partial charge in [0.2, 0.25) is 0 Å². The zero-order valence-corrected chi connectivity index (χ0v) is 14.0. The Morgan fingerprint density at radius 3 is 2.33 bits per heavy atom. The number of furan rings is 1. The van der Waals surface area contributed by atoms with Crippen LogP contribution >= 0.6 is 0 Å². The van der Waals surface area contributed by atoms with Crippen LogP contribution in [-0.2, 0) is 17.7 Å². The minimum Gasteiger partial charge on any atom is -0.465 e. The van der Waals surface area contributed by atoms with E-state index in [1.165, 1.54) is 0 Å². The van der Waals surface area contributed by atoms with Gasteiger partial charge in [0, 0.05) is 13.0 Å². The molecule has 0 unspecified atom stereocenters. The lowest BCUT2D eigenvalue weighted by Gasteiger charge is -2.28. The summed E-state index contributed by atoms with van der Waals surface area (Å²) in [6, 6.07) is 3.96. The number of carbonyl (C=O) groups excluding carboxylic acids is 1. The molecule has 1 aromatic heterocycles. The van der Waals surface area contributed by atoms with Crippen LogP contribution in [-0.4, -0.2) is 23.8 Å². The largest absolute Gasteiger partial charge is 0.465 e. The molecule has 1 amide bonds. The summed E-state index contributed by atoms with van der Waals surface area (Å²) in [6.07, 6.45) is 0.492. The van der Waals surface area contributed by atoms with Gasteiger partial charge in [-0.15, -0.1) is 0 Å². The number of ether oxygens (including phenoxy) is 1. The van der Waals surface area contributed by atoms with E-state index < -0.39 is 17.2 Å². The molecule has 0 aliphatic rings. The first-order valence-electron chi connectivity index (χ1n) is 7.41. The van der Waals surface area contributed by atoms with Crippen LogP contribution in [0.2, 0.25) is 0 Å². The molecule has 0 aliphatic heterocycles. The molecule has 120 valence electrons. The van der Waals surface area contributed by atoms with E-state index in [-0.39, 0.29) is 0 Å². The molecule has 1 aromatic rings. The second-order valence-electron chi connectivity index (χ2n) is 6.84. The summed E-state index contributed by atoms with van der Waals surface area (Å²) >= 11 is 0. The van der Waals surface area contributed by atoms with Gasteiger partial charge in [-0.1, -0.05) is 6.92 Å². The molecule has 2 N–H and O–H groups in total. The lowest BCUT2D eigenvalue weighted by Crippen LogP contribution is -2.51. The predicted molar refractivity (Wildman–Crippen MR) is 83.2 cm³/mol. The van der Waals surface area contributed by atoms with E-state index in [0.29, 0.717) is 13.1 Å². The van der Waals surface area contributed by atoms with Crippen molar-refractivity contribution in [3.8, 4) is 0 Å². The zero-order chi connectivity index (χ0) is 16.1. The molecule has 0 radical (unpaired) electrons. The minimum atomic E-state index is -0.488. The average Bonchev–Trinajstić information content (AvgIpc) is 2.73. The third kappa shape index (κ3) is 7.18. The van der Waals surface area contributed by atoms with Crippen LogP contribution in [0.5, 0.6) is 0 Å². The molecule has 5 heteroatoms. The van der Waals surface area contributed by atoms with Crippen molar-refractivity contribution in [2.24, 2.45) is 0 Å². The standard InChI is InChI=1S/C16H28N2O3/c1-7-12-8-9-13(20-12)10-17-11-16(5,6)18-14(19)21-15(2,3)4/h8-9,17H,7,10-11H2,1-6H3,(H,18,19). The van der Waals surface area contributed by atoms with Gasteiger partial charge in [0.15, 0.2) is 0 Å². The molecule has 0 saturated heterocycles. The lowest BCUT2D eigenvalue weighted by molar-refractivity contribution is 0.0472. The SMILES string of the molecule is CCc1ccc(CNCC(C)(C)NC(=O)OC(C)(C)C)o1. The molecule has 0 saturated carbocycles. The molecule has 0 aliphatic carbocycles. The average molecular weight is 296 g/mol. The number of rotatable bonds is 6. The molecule has 21 heavy (non-hydrogen) atoms. The van der Waals surface area contributed by atoms with Crippen molar-refractivity contribution in [2.75, 3.05) is 6.54 Å². The van der Waals surface area contributed by atoms with Gasteiger partial charge in [-0.05, 0) is 46.8 Å². The van der Waals surface area contributed by atoms with Crippen molar-refractivity contribution in [1.29, 1.82) is 0 Å². The first kappa shape index (κ1) is 17.6. The summed E-state index contributed by atoms with van der Waals surface area (Å²) in [5.74, 6) is 1.89.